The zero-order valence-corrected chi connectivity index (χ0v) is 12.1. The van der Waals surface area contributed by atoms with Gasteiger partial charge in [-0.1, -0.05) is 0 Å². The van der Waals surface area contributed by atoms with E-state index in [0.29, 0.717) is 19.1 Å². The fraction of sp³-hybridized carbons (Fsp3) is 0.667. The van der Waals surface area contributed by atoms with Crippen LogP contribution in [0.5, 0.6) is 0 Å². The Hall–Kier alpha value is -1.34. The Kier molecular flexibility index (Phi) is 5.41. The highest BCUT2D eigenvalue weighted by Crippen LogP contribution is 2.18. The molecule has 7 heteroatoms. The summed E-state index contributed by atoms with van der Waals surface area (Å²) in [5.74, 6) is 0.624. The molecule has 6 nitrogen and oxygen atoms in total. The zero-order valence-electron chi connectivity index (χ0n) is 11.3. The van der Waals surface area contributed by atoms with Gasteiger partial charge in [-0.2, -0.15) is 0 Å². The number of rotatable bonds is 5. The summed E-state index contributed by atoms with van der Waals surface area (Å²) in [6, 6.07) is 0. The second-order valence-electron chi connectivity index (χ2n) is 4.23. The quantitative estimate of drug-likeness (QED) is 0.487. The third-order valence-electron chi connectivity index (χ3n) is 3.01. The molecule has 0 atom stereocenters. The molecule has 19 heavy (non-hydrogen) atoms. The van der Waals surface area contributed by atoms with E-state index in [1.54, 1.807) is 11.3 Å². The van der Waals surface area contributed by atoms with E-state index in [0.717, 1.165) is 37.9 Å². The lowest BCUT2D eigenvalue weighted by molar-refractivity contribution is 0.155. The van der Waals surface area contributed by atoms with Gasteiger partial charge >= 0.3 is 0 Å². The number of nitrogens with zero attached hydrogens (tertiary/aromatic N) is 4. The lowest BCUT2D eigenvalue weighted by Gasteiger charge is -2.35. The van der Waals surface area contributed by atoms with Gasteiger partial charge in [0, 0.05) is 44.4 Å². The molecule has 0 amide bonds. The van der Waals surface area contributed by atoms with E-state index >= 15 is 0 Å². The normalized spacial score (nSPS) is 17.0. The molecule has 1 aromatic heterocycles. The molecule has 1 aliphatic heterocycles. The standard InChI is InChI=1S/C12H21N5OS/c1-2-18-9-3-14-11(13)16-5-7-17(8-6-16)12-15-4-10-19-12/h4,10H,2-3,5-9H2,1H3,(H2,13,14). The van der Waals surface area contributed by atoms with E-state index in [9.17, 15) is 0 Å². The van der Waals surface area contributed by atoms with Crippen LogP contribution in [-0.4, -0.2) is 61.8 Å². The number of anilines is 1. The van der Waals surface area contributed by atoms with Crippen LogP contribution in [0.25, 0.3) is 0 Å². The molecule has 1 fully saturated rings. The molecule has 1 aliphatic rings. The zero-order chi connectivity index (χ0) is 13.5. The van der Waals surface area contributed by atoms with Crippen LogP contribution < -0.4 is 10.6 Å². The van der Waals surface area contributed by atoms with Crippen LogP contribution in [0.3, 0.4) is 0 Å². The Labute approximate surface area is 117 Å². The maximum absolute atomic E-state index is 5.98. The smallest absolute Gasteiger partial charge is 0.191 e. The first-order valence-electron chi connectivity index (χ1n) is 6.58. The van der Waals surface area contributed by atoms with E-state index in [2.05, 4.69) is 19.8 Å². The summed E-state index contributed by atoms with van der Waals surface area (Å²) in [6.45, 7) is 7.63. The maximum Gasteiger partial charge on any atom is 0.191 e. The van der Waals surface area contributed by atoms with Crippen LogP contribution >= 0.6 is 11.3 Å². The van der Waals surface area contributed by atoms with Crippen molar-refractivity contribution in [2.45, 2.75) is 6.92 Å². The largest absolute Gasteiger partial charge is 0.380 e. The monoisotopic (exact) mass is 283 g/mol. The SMILES string of the molecule is CCOCCN=C(N)N1CCN(c2nccs2)CC1. The molecular weight excluding hydrogens is 262 g/mol. The van der Waals surface area contributed by atoms with E-state index < -0.39 is 0 Å². The van der Waals surface area contributed by atoms with E-state index in [1.165, 1.54) is 0 Å². The number of aromatic nitrogens is 1. The number of hydrogen-bond donors (Lipinski definition) is 1. The van der Waals surface area contributed by atoms with Crippen molar-refractivity contribution in [3.63, 3.8) is 0 Å². The van der Waals surface area contributed by atoms with Gasteiger partial charge in [-0.15, -0.1) is 11.3 Å². The molecule has 0 aromatic carbocycles. The number of ether oxygens (including phenoxy) is 1. The number of thiazole rings is 1. The van der Waals surface area contributed by atoms with Gasteiger partial charge in [-0.25, -0.2) is 4.98 Å². The predicted octanol–water partition coefficient (Wildman–Crippen LogP) is 0.616. The van der Waals surface area contributed by atoms with Gasteiger partial charge in [0.25, 0.3) is 0 Å². The van der Waals surface area contributed by atoms with Gasteiger partial charge in [-0.05, 0) is 6.92 Å². The Morgan fingerprint density at radius 2 is 2.26 bits per heavy atom. The molecule has 0 radical (unpaired) electrons. The summed E-state index contributed by atoms with van der Waals surface area (Å²) in [6.07, 6.45) is 1.84. The number of piperazine rings is 1. The molecule has 106 valence electrons. The van der Waals surface area contributed by atoms with Crippen LogP contribution in [0.2, 0.25) is 0 Å². The minimum absolute atomic E-state index is 0.624. The molecule has 0 saturated carbocycles. The van der Waals surface area contributed by atoms with Crippen LogP contribution in [0.1, 0.15) is 6.92 Å². The number of aliphatic imine (C=N–C) groups is 1. The molecule has 2 N–H and O–H groups in total. The van der Waals surface area contributed by atoms with E-state index in [4.69, 9.17) is 10.5 Å². The van der Waals surface area contributed by atoms with Crippen LogP contribution in [-0.2, 0) is 4.74 Å². The van der Waals surface area contributed by atoms with Crippen molar-refractivity contribution in [1.29, 1.82) is 0 Å². The molecule has 1 aromatic rings. The molecule has 0 aliphatic carbocycles. The first-order chi connectivity index (χ1) is 9.31. The average Bonchev–Trinajstić information content (AvgIpc) is 2.98. The van der Waals surface area contributed by atoms with Crippen LogP contribution in [0, 0.1) is 0 Å². The van der Waals surface area contributed by atoms with Crippen LogP contribution in [0.15, 0.2) is 16.6 Å². The van der Waals surface area contributed by atoms with Gasteiger partial charge < -0.3 is 20.3 Å². The van der Waals surface area contributed by atoms with E-state index in [-0.39, 0.29) is 0 Å². The summed E-state index contributed by atoms with van der Waals surface area (Å²) < 4.78 is 5.24. The average molecular weight is 283 g/mol. The predicted molar refractivity (Wildman–Crippen MR) is 78.9 cm³/mol. The third-order valence-corrected chi connectivity index (χ3v) is 3.84. The summed E-state index contributed by atoms with van der Waals surface area (Å²) in [5, 5.41) is 3.09. The minimum atomic E-state index is 0.624. The van der Waals surface area contributed by atoms with Crippen molar-refractivity contribution in [3.05, 3.63) is 11.6 Å². The highest BCUT2D eigenvalue weighted by Gasteiger charge is 2.19. The molecule has 1 saturated heterocycles. The molecule has 2 heterocycles. The van der Waals surface area contributed by atoms with Gasteiger partial charge in [-0.3, -0.25) is 4.99 Å². The molecular formula is C12H21N5OS. The van der Waals surface area contributed by atoms with Crippen molar-refractivity contribution in [1.82, 2.24) is 9.88 Å². The molecule has 2 rings (SSSR count). The Morgan fingerprint density at radius 3 is 2.89 bits per heavy atom. The Morgan fingerprint density at radius 1 is 1.47 bits per heavy atom. The van der Waals surface area contributed by atoms with Gasteiger partial charge in [0.05, 0.1) is 13.2 Å². The summed E-state index contributed by atoms with van der Waals surface area (Å²) in [5.41, 5.74) is 5.98. The topological polar surface area (TPSA) is 67.0 Å². The third kappa shape index (κ3) is 4.07. The highest BCUT2D eigenvalue weighted by atomic mass is 32.1. The molecule has 0 spiro atoms. The molecule has 0 unspecified atom stereocenters. The van der Waals surface area contributed by atoms with Gasteiger partial charge in [0.15, 0.2) is 11.1 Å². The van der Waals surface area contributed by atoms with Crippen molar-refractivity contribution < 1.29 is 4.74 Å². The number of hydrogen-bond acceptors (Lipinski definition) is 5. The Bertz CT molecular complexity index is 387. The second-order valence-corrected chi connectivity index (χ2v) is 5.10. The van der Waals surface area contributed by atoms with E-state index in [1.807, 2.05) is 18.5 Å². The van der Waals surface area contributed by atoms with Crippen molar-refractivity contribution >= 4 is 22.4 Å². The lowest BCUT2D eigenvalue weighted by atomic mass is 10.3. The molecule has 0 bridgehead atoms. The van der Waals surface area contributed by atoms with Crippen molar-refractivity contribution in [2.24, 2.45) is 10.7 Å². The fourth-order valence-electron chi connectivity index (χ4n) is 1.97. The minimum Gasteiger partial charge on any atom is -0.380 e. The second kappa shape index (κ2) is 7.30. The van der Waals surface area contributed by atoms with Crippen LogP contribution in [0.4, 0.5) is 5.13 Å². The van der Waals surface area contributed by atoms with Crippen molar-refractivity contribution in [2.75, 3.05) is 50.8 Å². The number of guanidine groups is 1. The first-order valence-corrected chi connectivity index (χ1v) is 7.46. The maximum atomic E-state index is 5.98. The Balaban J connectivity index is 1.76. The summed E-state index contributed by atoms with van der Waals surface area (Å²) in [7, 11) is 0. The van der Waals surface area contributed by atoms with Gasteiger partial charge in [0.2, 0.25) is 0 Å². The summed E-state index contributed by atoms with van der Waals surface area (Å²) >= 11 is 1.68. The van der Waals surface area contributed by atoms with Crippen molar-refractivity contribution in [3.8, 4) is 0 Å². The fourth-order valence-corrected chi connectivity index (χ4v) is 2.66. The lowest BCUT2D eigenvalue weighted by Crippen LogP contribution is -2.51. The highest BCUT2D eigenvalue weighted by molar-refractivity contribution is 7.13. The number of nitrogens with two attached hydrogens (primary N) is 1. The van der Waals surface area contributed by atoms with Gasteiger partial charge in [0.1, 0.15) is 0 Å². The first kappa shape index (κ1) is 14.1. The summed E-state index contributed by atoms with van der Waals surface area (Å²) in [4.78, 5) is 13.1.